The van der Waals surface area contributed by atoms with Crippen molar-refractivity contribution in [3.05, 3.63) is 17.0 Å². The number of nitrogens with one attached hydrogen (secondary N) is 1. The Morgan fingerprint density at radius 2 is 2.42 bits per heavy atom. The first-order valence-corrected chi connectivity index (χ1v) is 8.01. The topological polar surface area (TPSA) is 99.4 Å². The number of thiophene rings is 1. The molecule has 0 amide bonds. The molecule has 0 saturated carbocycles. The van der Waals surface area contributed by atoms with Crippen LogP contribution in [-0.4, -0.2) is 38.4 Å². The molecule has 1 aromatic heterocycles. The van der Waals surface area contributed by atoms with Gasteiger partial charge in [0.15, 0.2) is 0 Å². The molecule has 0 aromatic carbocycles. The van der Waals surface area contributed by atoms with Gasteiger partial charge in [-0.05, 0) is 19.1 Å². The molecular formula is C11H14N2O4S2. The number of sulfonamides is 1. The van der Waals surface area contributed by atoms with Crippen molar-refractivity contribution in [2.24, 2.45) is 0 Å². The van der Waals surface area contributed by atoms with Crippen LogP contribution in [0.4, 0.5) is 0 Å². The molecule has 8 heteroatoms. The van der Waals surface area contributed by atoms with Gasteiger partial charge in [-0.2, -0.15) is 5.26 Å². The fourth-order valence-corrected chi connectivity index (χ4v) is 4.07. The third-order valence-corrected chi connectivity index (χ3v) is 6.07. The summed E-state index contributed by atoms with van der Waals surface area (Å²) in [5.41, 5.74) is -1.18. The van der Waals surface area contributed by atoms with E-state index < -0.39 is 21.7 Å². The number of nitriles is 1. The van der Waals surface area contributed by atoms with Crippen LogP contribution >= 0.6 is 11.3 Å². The van der Waals surface area contributed by atoms with Crippen molar-refractivity contribution in [1.82, 2.24) is 4.72 Å². The summed E-state index contributed by atoms with van der Waals surface area (Å²) in [6.45, 7) is 2.02. The predicted molar refractivity (Wildman–Crippen MR) is 69.2 cm³/mol. The minimum atomic E-state index is -3.70. The molecule has 104 valence electrons. The van der Waals surface area contributed by atoms with Gasteiger partial charge in [-0.15, -0.1) is 11.3 Å². The molecule has 1 fully saturated rings. The summed E-state index contributed by atoms with van der Waals surface area (Å²) in [5.74, 6) is 0. The molecule has 1 saturated heterocycles. The van der Waals surface area contributed by atoms with E-state index in [4.69, 9.17) is 10.00 Å². The largest absolute Gasteiger partial charge is 0.386 e. The minimum absolute atomic E-state index is 0.0687. The van der Waals surface area contributed by atoms with E-state index in [9.17, 15) is 13.5 Å². The number of aliphatic hydroxyl groups is 1. The fraction of sp³-hybridized carbons (Fsp3) is 0.545. The molecule has 0 bridgehead atoms. The van der Waals surface area contributed by atoms with Crippen molar-refractivity contribution >= 4 is 21.4 Å². The van der Waals surface area contributed by atoms with Gasteiger partial charge in [-0.25, -0.2) is 13.1 Å². The lowest BCUT2D eigenvalue weighted by atomic mass is 9.97. The molecule has 2 rings (SSSR count). The number of rotatable bonds is 4. The van der Waals surface area contributed by atoms with E-state index >= 15 is 0 Å². The van der Waals surface area contributed by atoms with E-state index in [0.717, 1.165) is 11.3 Å². The summed E-state index contributed by atoms with van der Waals surface area (Å²) in [5, 5.41) is 18.9. The van der Waals surface area contributed by atoms with Crippen molar-refractivity contribution in [1.29, 1.82) is 5.26 Å². The number of hydrogen-bond acceptors (Lipinski definition) is 6. The highest BCUT2D eigenvalue weighted by molar-refractivity contribution is 7.91. The fourth-order valence-electron chi connectivity index (χ4n) is 1.82. The maximum absolute atomic E-state index is 12.0. The van der Waals surface area contributed by atoms with E-state index in [1.54, 1.807) is 6.92 Å². The van der Waals surface area contributed by atoms with Crippen LogP contribution in [0.3, 0.4) is 0 Å². The molecule has 6 nitrogen and oxygen atoms in total. The average Bonchev–Trinajstić information content (AvgIpc) is 2.96. The lowest BCUT2D eigenvalue weighted by molar-refractivity contribution is -0.0228. The molecule has 0 radical (unpaired) electrons. The van der Waals surface area contributed by atoms with Gasteiger partial charge in [0, 0.05) is 19.6 Å². The van der Waals surface area contributed by atoms with Crippen LogP contribution in [0.5, 0.6) is 0 Å². The highest BCUT2D eigenvalue weighted by atomic mass is 32.2. The molecule has 2 heterocycles. The van der Waals surface area contributed by atoms with Crippen molar-refractivity contribution < 1.29 is 18.3 Å². The quantitative estimate of drug-likeness (QED) is 0.840. The zero-order valence-corrected chi connectivity index (χ0v) is 11.9. The zero-order chi connectivity index (χ0) is 14.1. The molecule has 1 aliphatic rings. The molecule has 2 N–H and O–H groups in total. The van der Waals surface area contributed by atoms with Crippen LogP contribution < -0.4 is 4.72 Å². The number of ether oxygens (including phenoxy) is 1. The van der Waals surface area contributed by atoms with Gasteiger partial charge in [-0.1, -0.05) is 0 Å². The Morgan fingerprint density at radius 1 is 1.68 bits per heavy atom. The Kier molecular flexibility index (Phi) is 3.94. The summed E-state index contributed by atoms with van der Waals surface area (Å²) in [7, 11) is -3.70. The van der Waals surface area contributed by atoms with Crippen LogP contribution in [0.2, 0.25) is 0 Å². The number of hydrogen-bond donors (Lipinski definition) is 2. The molecule has 0 spiro atoms. The van der Waals surface area contributed by atoms with E-state index in [1.807, 2.05) is 6.07 Å². The number of nitrogens with zero attached hydrogens (tertiary/aromatic N) is 1. The summed E-state index contributed by atoms with van der Waals surface area (Å²) in [6.07, 6.45) is -0.0156. The Morgan fingerprint density at radius 3 is 2.95 bits per heavy atom. The maximum Gasteiger partial charge on any atom is 0.250 e. The van der Waals surface area contributed by atoms with Gasteiger partial charge >= 0.3 is 0 Å². The van der Waals surface area contributed by atoms with Gasteiger partial charge in [-0.3, -0.25) is 0 Å². The lowest BCUT2D eigenvalue weighted by Crippen LogP contribution is -2.47. The highest BCUT2D eigenvalue weighted by Crippen LogP contribution is 2.26. The van der Waals surface area contributed by atoms with Crippen LogP contribution in [-0.2, 0) is 14.8 Å². The first kappa shape index (κ1) is 14.4. The molecule has 1 aliphatic heterocycles. The van der Waals surface area contributed by atoms with Crippen LogP contribution in [0, 0.1) is 11.3 Å². The Hall–Kier alpha value is -0.980. The van der Waals surface area contributed by atoms with Gasteiger partial charge in [0.2, 0.25) is 10.0 Å². The summed E-state index contributed by atoms with van der Waals surface area (Å²) < 4.78 is 31.7. The standard InChI is InChI=1S/C11H14N2O4S2/c1-8-11(14,4-5-17-8)7-13-19(15,16)10-3-2-9(6-12)18-10/h2-3,8,13-14H,4-5,7H2,1H3. The van der Waals surface area contributed by atoms with Gasteiger partial charge in [0.25, 0.3) is 0 Å². The zero-order valence-electron chi connectivity index (χ0n) is 10.3. The first-order valence-electron chi connectivity index (χ1n) is 5.71. The van der Waals surface area contributed by atoms with Crippen LogP contribution in [0.15, 0.2) is 16.3 Å². The molecule has 19 heavy (non-hydrogen) atoms. The normalized spacial score (nSPS) is 27.3. The molecule has 1 aromatic rings. The Labute approximate surface area is 115 Å². The Bertz CT molecular complexity index is 604. The van der Waals surface area contributed by atoms with E-state index in [1.165, 1.54) is 12.1 Å². The molecule has 0 aliphatic carbocycles. The van der Waals surface area contributed by atoms with Gasteiger partial charge < -0.3 is 9.84 Å². The second-order valence-electron chi connectivity index (χ2n) is 4.42. The molecule has 2 unspecified atom stereocenters. The summed E-state index contributed by atoms with van der Waals surface area (Å²) in [6, 6.07) is 4.72. The van der Waals surface area contributed by atoms with Crippen LogP contribution in [0.1, 0.15) is 18.2 Å². The maximum atomic E-state index is 12.0. The third-order valence-electron chi connectivity index (χ3n) is 3.18. The van der Waals surface area contributed by atoms with Crippen molar-refractivity contribution in [2.75, 3.05) is 13.2 Å². The van der Waals surface area contributed by atoms with Gasteiger partial charge in [0.1, 0.15) is 20.8 Å². The second-order valence-corrected chi connectivity index (χ2v) is 7.50. The lowest BCUT2D eigenvalue weighted by Gasteiger charge is -2.25. The second kappa shape index (κ2) is 5.19. The molecule has 2 atom stereocenters. The van der Waals surface area contributed by atoms with E-state index in [0.29, 0.717) is 17.9 Å². The van der Waals surface area contributed by atoms with Crippen molar-refractivity contribution in [3.63, 3.8) is 0 Å². The van der Waals surface area contributed by atoms with Crippen molar-refractivity contribution in [3.8, 4) is 6.07 Å². The first-order chi connectivity index (χ1) is 8.87. The van der Waals surface area contributed by atoms with E-state index in [2.05, 4.69) is 4.72 Å². The third kappa shape index (κ3) is 2.96. The monoisotopic (exact) mass is 302 g/mol. The molecular weight excluding hydrogens is 288 g/mol. The minimum Gasteiger partial charge on any atom is -0.386 e. The average molecular weight is 302 g/mol. The van der Waals surface area contributed by atoms with Crippen LogP contribution in [0.25, 0.3) is 0 Å². The van der Waals surface area contributed by atoms with Gasteiger partial charge in [0.05, 0.1) is 6.10 Å². The summed E-state index contributed by atoms with van der Waals surface area (Å²) in [4.78, 5) is 0.330. The summed E-state index contributed by atoms with van der Waals surface area (Å²) >= 11 is 0.898. The van der Waals surface area contributed by atoms with E-state index in [-0.39, 0.29) is 10.8 Å². The Balaban J connectivity index is 2.08. The van der Waals surface area contributed by atoms with Crippen molar-refractivity contribution in [2.45, 2.75) is 29.3 Å². The SMILES string of the molecule is CC1OCCC1(O)CNS(=O)(=O)c1ccc(C#N)s1. The highest BCUT2D eigenvalue weighted by Gasteiger charge is 2.40. The predicted octanol–water partition coefficient (Wildman–Crippen LogP) is 0.438. The smallest absolute Gasteiger partial charge is 0.250 e.